The minimum atomic E-state index is 0.0660. The average molecular weight is 376 g/mol. The lowest BCUT2D eigenvalue weighted by Crippen LogP contribution is -2.39. The minimum absolute atomic E-state index is 0.0660. The zero-order chi connectivity index (χ0) is 19.4. The molecule has 27 heavy (non-hydrogen) atoms. The third-order valence-corrected chi connectivity index (χ3v) is 5.75. The van der Waals surface area contributed by atoms with E-state index in [0.29, 0.717) is 43.2 Å². The summed E-state index contributed by atoms with van der Waals surface area (Å²) in [5.41, 5.74) is 6.82. The van der Waals surface area contributed by atoms with Crippen LogP contribution >= 0.6 is 0 Å². The van der Waals surface area contributed by atoms with Gasteiger partial charge in [0.15, 0.2) is 0 Å². The Labute approximate surface area is 162 Å². The first kappa shape index (κ1) is 19.9. The highest BCUT2D eigenvalue weighted by molar-refractivity contribution is 6.01. The summed E-state index contributed by atoms with van der Waals surface area (Å²) in [6.45, 7) is 10.2. The number of rotatable bonds is 8. The number of unbranched alkanes of at least 4 members (excludes halogenated alkanes) is 1. The van der Waals surface area contributed by atoms with Gasteiger partial charge in [-0.3, -0.25) is 9.69 Å². The first-order valence-electron chi connectivity index (χ1n) is 10.3. The molecule has 1 saturated heterocycles. The molecule has 2 aliphatic rings. The molecule has 0 atom stereocenters. The Morgan fingerprint density at radius 2 is 2.00 bits per heavy atom. The van der Waals surface area contributed by atoms with Crippen LogP contribution in [-0.2, 0) is 11.2 Å². The predicted molar refractivity (Wildman–Crippen MR) is 107 cm³/mol. The maximum Gasteiger partial charge on any atom is 0.320 e. The molecule has 1 aromatic rings. The van der Waals surface area contributed by atoms with Crippen LogP contribution in [-0.4, -0.2) is 53.1 Å². The summed E-state index contributed by atoms with van der Waals surface area (Å²) in [5, 5.41) is 0. The molecular formula is C20H33N5O2. The van der Waals surface area contributed by atoms with Gasteiger partial charge < -0.3 is 15.4 Å². The Kier molecular flexibility index (Phi) is 6.52. The lowest BCUT2D eigenvalue weighted by Gasteiger charge is -2.35. The van der Waals surface area contributed by atoms with Crippen LogP contribution in [0.25, 0.3) is 0 Å². The molecule has 0 unspecified atom stereocenters. The van der Waals surface area contributed by atoms with E-state index in [1.165, 1.54) is 12.8 Å². The number of fused-ring (bicyclic) bond motifs is 1. The second-order valence-electron chi connectivity index (χ2n) is 7.98. The standard InChI is InChI=1S/C20H33N5O2/c1-4-5-12-27-20-22-18(21)16-13-17(26)25(19(16)23-20)11-8-15-6-9-24(10-7-15)14(2)3/h14-15H,4-13H2,1-3H3,(H2,21,22,23). The quantitative estimate of drug-likeness (QED) is 0.703. The number of hydrogen-bond acceptors (Lipinski definition) is 6. The fourth-order valence-corrected chi connectivity index (χ4v) is 3.90. The van der Waals surface area contributed by atoms with Crippen molar-refractivity contribution in [2.45, 2.75) is 65.3 Å². The van der Waals surface area contributed by atoms with Crippen molar-refractivity contribution in [3.63, 3.8) is 0 Å². The van der Waals surface area contributed by atoms with Crippen molar-refractivity contribution in [3.8, 4) is 6.01 Å². The molecule has 7 nitrogen and oxygen atoms in total. The Bertz CT molecular complexity index is 656. The summed E-state index contributed by atoms with van der Waals surface area (Å²) >= 11 is 0. The molecule has 0 saturated carbocycles. The normalized spacial score (nSPS) is 18.4. The third-order valence-electron chi connectivity index (χ3n) is 5.75. The predicted octanol–water partition coefficient (Wildman–Crippen LogP) is 2.64. The second-order valence-corrected chi connectivity index (χ2v) is 7.98. The zero-order valence-corrected chi connectivity index (χ0v) is 16.9. The first-order chi connectivity index (χ1) is 13.0. The Morgan fingerprint density at radius 3 is 2.67 bits per heavy atom. The number of ether oxygens (including phenoxy) is 1. The summed E-state index contributed by atoms with van der Waals surface area (Å²) in [4.78, 5) is 25.6. The zero-order valence-electron chi connectivity index (χ0n) is 16.9. The molecule has 0 bridgehead atoms. The number of carbonyl (C=O) groups is 1. The van der Waals surface area contributed by atoms with Gasteiger partial charge in [0.1, 0.15) is 11.6 Å². The molecule has 0 radical (unpaired) electrons. The van der Waals surface area contributed by atoms with Crippen LogP contribution in [0.5, 0.6) is 6.01 Å². The number of nitrogen functional groups attached to an aromatic ring is 1. The van der Waals surface area contributed by atoms with Crippen LogP contribution in [0.2, 0.25) is 0 Å². The van der Waals surface area contributed by atoms with Gasteiger partial charge in [-0.2, -0.15) is 9.97 Å². The Hall–Kier alpha value is -1.89. The van der Waals surface area contributed by atoms with Gasteiger partial charge in [0.05, 0.1) is 13.0 Å². The molecule has 0 aromatic carbocycles. The highest BCUT2D eigenvalue weighted by atomic mass is 16.5. The van der Waals surface area contributed by atoms with Gasteiger partial charge in [-0.25, -0.2) is 0 Å². The van der Waals surface area contributed by atoms with Gasteiger partial charge in [0, 0.05) is 18.2 Å². The highest BCUT2D eigenvalue weighted by Crippen LogP contribution is 2.33. The van der Waals surface area contributed by atoms with E-state index in [1.54, 1.807) is 4.90 Å². The molecule has 1 amide bonds. The molecule has 7 heteroatoms. The number of piperidine rings is 1. The molecule has 0 spiro atoms. The van der Waals surface area contributed by atoms with Crippen LogP contribution in [0.1, 0.15) is 58.4 Å². The van der Waals surface area contributed by atoms with E-state index >= 15 is 0 Å². The van der Waals surface area contributed by atoms with Crippen molar-refractivity contribution in [1.29, 1.82) is 0 Å². The molecule has 3 heterocycles. The SMILES string of the molecule is CCCCOc1nc(N)c2c(n1)N(CCC1CCN(C(C)C)CC1)C(=O)C2. The topological polar surface area (TPSA) is 84.6 Å². The fraction of sp³-hybridized carbons (Fsp3) is 0.750. The molecule has 150 valence electrons. The molecule has 1 aromatic heterocycles. The highest BCUT2D eigenvalue weighted by Gasteiger charge is 2.33. The summed E-state index contributed by atoms with van der Waals surface area (Å²) in [7, 11) is 0. The molecular weight excluding hydrogens is 342 g/mol. The average Bonchev–Trinajstić information content (AvgIpc) is 2.96. The van der Waals surface area contributed by atoms with Gasteiger partial charge >= 0.3 is 6.01 Å². The molecule has 2 N–H and O–H groups in total. The van der Waals surface area contributed by atoms with Crippen LogP contribution in [0.4, 0.5) is 11.6 Å². The molecule has 0 aliphatic carbocycles. The monoisotopic (exact) mass is 375 g/mol. The summed E-state index contributed by atoms with van der Waals surface area (Å²) in [5.74, 6) is 1.75. The maximum atomic E-state index is 12.5. The number of likely N-dealkylation sites (tertiary alicyclic amines) is 1. The molecule has 3 rings (SSSR count). The third kappa shape index (κ3) is 4.69. The molecule has 2 aliphatic heterocycles. The maximum absolute atomic E-state index is 12.5. The number of amides is 1. The van der Waals surface area contributed by atoms with E-state index in [-0.39, 0.29) is 11.9 Å². The number of nitrogens with zero attached hydrogens (tertiary/aromatic N) is 4. The van der Waals surface area contributed by atoms with Crippen LogP contribution in [0, 0.1) is 5.92 Å². The Morgan fingerprint density at radius 1 is 1.26 bits per heavy atom. The fourth-order valence-electron chi connectivity index (χ4n) is 3.90. The van der Waals surface area contributed by atoms with E-state index in [1.807, 2.05) is 0 Å². The van der Waals surface area contributed by atoms with Crippen molar-refractivity contribution in [1.82, 2.24) is 14.9 Å². The molecule has 1 fully saturated rings. The van der Waals surface area contributed by atoms with E-state index < -0.39 is 0 Å². The minimum Gasteiger partial charge on any atom is -0.463 e. The lowest BCUT2D eigenvalue weighted by molar-refractivity contribution is -0.117. The van der Waals surface area contributed by atoms with Crippen molar-refractivity contribution >= 4 is 17.5 Å². The summed E-state index contributed by atoms with van der Waals surface area (Å²) in [6.07, 6.45) is 5.68. The first-order valence-corrected chi connectivity index (χ1v) is 10.3. The van der Waals surface area contributed by atoms with E-state index in [4.69, 9.17) is 10.5 Å². The summed E-state index contributed by atoms with van der Waals surface area (Å²) in [6, 6.07) is 0.897. The largest absolute Gasteiger partial charge is 0.463 e. The second kappa shape index (κ2) is 8.87. The van der Waals surface area contributed by atoms with Crippen LogP contribution in [0.15, 0.2) is 0 Å². The van der Waals surface area contributed by atoms with E-state index in [9.17, 15) is 4.79 Å². The Balaban J connectivity index is 1.61. The number of carbonyl (C=O) groups excluding carboxylic acids is 1. The number of aromatic nitrogens is 2. The van der Waals surface area contributed by atoms with Gasteiger partial charge in [0.2, 0.25) is 5.91 Å². The number of anilines is 2. The van der Waals surface area contributed by atoms with Crippen molar-refractivity contribution < 1.29 is 9.53 Å². The van der Waals surface area contributed by atoms with Crippen molar-refractivity contribution in [2.75, 3.05) is 36.9 Å². The van der Waals surface area contributed by atoms with Gasteiger partial charge in [-0.05, 0) is 58.5 Å². The van der Waals surface area contributed by atoms with Crippen LogP contribution in [0.3, 0.4) is 0 Å². The van der Waals surface area contributed by atoms with Crippen molar-refractivity contribution in [3.05, 3.63) is 5.56 Å². The number of nitrogens with two attached hydrogens (primary N) is 1. The summed E-state index contributed by atoms with van der Waals surface area (Å²) < 4.78 is 5.62. The number of hydrogen-bond donors (Lipinski definition) is 1. The lowest BCUT2D eigenvalue weighted by atomic mass is 9.93. The van der Waals surface area contributed by atoms with E-state index in [2.05, 4.69) is 35.6 Å². The van der Waals surface area contributed by atoms with Crippen LogP contribution < -0.4 is 15.4 Å². The van der Waals surface area contributed by atoms with Gasteiger partial charge in [-0.1, -0.05) is 13.3 Å². The smallest absolute Gasteiger partial charge is 0.320 e. The van der Waals surface area contributed by atoms with Gasteiger partial charge in [0.25, 0.3) is 0 Å². The van der Waals surface area contributed by atoms with Crippen molar-refractivity contribution in [2.24, 2.45) is 5.92 Å². The van der Waals surface area contributed by atoms with E-state index in [0.717, 1.165) is 37.9 Å². The van der Waals surface area contributed by atoms with Gasteiger partial charge in [-0.15, -0.1) is 0 Å².